The number of hydrogen-bond acceptors (Lipinski definition) is 5. The Labute approximate surface area is 196 Å². The van der Waals surface area contributed by atoms with Crippen molar-refractivity contribution in [3.05, 3.63) is 58.9 Å². The topological polar surface area (TPSA) is 143 Å². The third-order valence-corrected chi connectivity index (χ3v) is 6.35. The number of nitrogens with one attached hydrogen (secondary N) is 2. The summed E-state index contributed by atoms with van der Waals surface area (Å²) in [5, 5.41) is 12.5. The average Bonchev–Trinajstić information content (AvgIpc) is 3.38. The fourth-order valence-electron chi connectivity index (χ4n) is 4.22. The third-order valence-electron chi connectivity index (χ3n) is 6.10. The van der Waals surface area contributed by atoms with Crippen molar-refractivity contribution in [3.8, 4) is 0 Å². The number of carbonyl (C=O) groups excluding carboxylic acids is 3. The maximum atomic E-state index is 12.9. The molecule has 2 aromatic rings. The van der Waals surface area contributed by atoms with Crippen LogP contribution in [0.5, 0.6) is 0 Å². The average molecular weight is 470 g/mol. The predicted molar refractivity (Wildman–Crippen MR) is 123 cm³/mol. The van der Waals surface area contributed by atoms with Gasteiger partial charge in [0.1, 0.15) is 6.04 Å². The van der Waals surface area contributed by atoms with Gasteiger partial charge in [-0.25, -0.2) is 5.41 Å². The van der Waals surface area contributed by atoms with Crippen LogP contribution in [0, 0.1) is 0 Å². The van der Waals surface area contributed by atoms with Gasteiger partial charge in [-0.2, -0.15) is 0 Å². The zero-order valence-corrected chi connectivity index (χ0v) is 18.7. The predicted octanol–water partition coefficient (Wildman–Crippen LogP) is -0.156. The molecule has 3 atom stereocenters. The van der Waals surface area contributed by atoms with E-state index in [2.05, 4.69) is 15.6 Å². The van der Waals surface area contributed by atoms with E-state index < -0.39 is 11.9 Å². The minimum Gasteiger partial charge on any atom is -0.374 e. The number of likely N-dealkylation sites (tertiary alicyclic amines) is 1. The van der Waals surface area contributed by atoms with Gasteiger partial charge in [0.05, 0.1) is 24.0 Å². The lowest BCUT2D eigenvalue weighted by molar-refractivity contribution is -0.137. The van der Waals surface area contributed by atoms with Crippen molar-refractivity contribution in [1.82, 2.24) is 15.2 Å². The largest absolute Gasteiger partial charge is 0.374 e. The number of carbonyl (C=O) groups is 3. The van der Waals surface area contributed by atoms with Crippen LogP contribution in [0.3, 0.4) is 0 Å². The van der Waals surface area contributed by atoms with Crippen LogP contribution >= 0.6 is 11.6 Å². The van der Waals surface area contributed by atoms with Crippen LogP contribution in [0.15, 0.2) is 42.7 Å². The number of pyridine rings is 1. The number of hydrogen-bond donors (Lipinski definition) is 4. The number of rotatable bonds is 8. The summed E-state index contributed by atoms with van der Waals surface area (Å²) >= 11 is 5.95. The van der Waals surface area contributed by atoms with Crippen LogP contribution in [-0.4, -0.2) is 58.5 Å². The number of aromatic nitrogens is 1. The number of primary amides is 1. The van der Waals surface area contributed by atoms with Gasteiger partial charge in [0.25, 0.3) is 5.71 Å². The fraction of sp³-hybridized carbons (Fsp3) is 0.348. The molecule has 0 bridgehead atoms. The van der Waals surface area contributed by atoms with Gasteiger partial charge in [0, 0.05) is 29.7 Å². The van der Waals surface area contributed by atoms with Crippen molar-refractivity contribution in [2.75, 3.05) is 18.4 Å². The molecule has 2 aliphatic rings. The Kier molecular flexibility index (Phi) is 6.60. The Morgan fingerprint density at radius 2 is 1.97 bits per heavy atom. The smallest absolute Gasteiger partial charge is 0.313 e. The van der Waals surface area contributed by atoms with Gasteiger partial charge < -0.3 is 21.3 Å². The van der Waals surface area contributed by atoms with Gasteiger partial charge in [-0.1, -0.05) is 23.7 Å². The zero-order chi connectivity index (χ0) is 23.5. The highest BCUT2D eigenvalue weighted by Crippen LogP contribution is 2.41. The van der Waals surface area contributed by atoms with E-state index in [1.807, 2.05) is 24.3 Å². The van der Waals surface area contributed by atoms with Gasteiger partial charge in [-0.05, 0) is 43.0 Å². The molecule has 1 unspecified atom stereocenters. The Balaban J connectivity index is 1.33. The van der Waals surface area contributed by atoms with Crippen LogP contribution in [0.25, 0.3) is 0 Å². The van der Waals surface area contributed by atoms with Crippen molar-refractivity contribution < 1.29 is 19.8 Å². The molecule has 1 aromatic heterocycles. The monoisotopic (exact) mass is 469 g/mol. The molecule has 4 rings (SSSR count). The molecular formula is C23H26ClN6O3+. The van der Waals surface area contributed by atoms with Crippen molar-refractivity contribution in [3.63, 3.8) is 0 Å². The summed E-state index contributed by atoms with van der Waals surface area (Å²) in [6, 6.07) is 8.77. The van der Waals surface area contributed by atoms with Crippen molar-refractivity contribution in [1.29, 1.82) is 0 Å². The van der Waals surface area contributed by atoms with E-state index in [-0.39, 0.29) is 36.0 Å². The molecule has 2 heterocycles. The van der Waals surface area contributed by atoms with Crippen LogP contribution in [0.4, 0.5) is 5.69 Å². The molecule has 1 aliphatic heterocycles. The second-order valence-electron chi connectivity index (χ2n) is 8.31. The Morgan fingerprint density at radius 1 is 1.21 bits per heavy atom. The van der Waals surface area contributed by atoms with Gasteiger partial charge in [0.2, 0.25) is 11.8 Å². The zero-order valence-electron chi connectivity index (χ0n) is 18.0. The summed E-state index contributed by atoms with van der Waals surface area (Å²) < 4.78 is 0. The van der Waals surface area contributed by atoms with E-state index >= 15 is 0 Å². The molecule has 1 saturated heterocycles. The lowest BCUT2D eigenvalue weighted by atomic mass is 10.1. The lowest BCUT2D eigenvalue weighted by Crippen LogP contribution is -2.49. The molecule has 0 radical (unpaired) electrons. The van der Waals surface area contributed by atoms with Crippen molar-refractivity contribution in [2.45, 2.75) is 37.3 Å². The first-order valence-corrected chi connectivity index (χ1v) is 11.2. The van der Waals surface area contributed by atoms with E-state index in [9.17, 15) is 14.4 Å². The molecule has 1 aromatic carbocycles. The first-order valence-electron chi connectivity index (χ1n) is 10.8. The van der Waals surface area contributed by atoms with Crippen LogP contribution < -0.4 is 21.8 Å². The lowest BCUT2D eigenvalue weighted by Gasteiger charge is -2.24. The van der Waals surface area contributed by atoms with Crippen LogP contribution in [0.2, 0.25) is 5.02 Å². The highest BCUT2D eigenvalue weighted by molar-refractivity contribution is 6.43. The molecule has 33 heavy (non-hydrogen) atoms. The van der Waals surface area contributed by atoms with Crippen LogP contribution in [-0.2, 0) is 14.4 Å². The Bertz CT molecular complexity index is 1090. The molecule has 1 saturated carbocycles. The minimum atomic E-state index is -0.760. The molecule has 6 N–H and O–H groups in total. The van der Waals surface area contributed by atoms with Crippen molar-refractivity contribution in [2.24, 2.45) is 5.73 Å². The highest BCUT2D eigenvalue weighted by Gasteiger charge is 2.42. The second kappa shape index (κ2) is 9.58. The Morgan fingerprint density at radius 3 is 2.70 bits per heavy atom. The third kappa shape index (κ3) is 5.14. The minimum absolute atomic E-state index is 0.0641. The molecule has 0 spiro atoms. The number of anilines is 1. The quantitative estimate of drug-likeness (QED) is 0.397. The molecular weight excluding hydrogens is 444 g/mol. The summed E-state index contributed by atoms with van der Waals surface area (Å²) in [7, 11) is 0. The SMILES string of the molecule is NC(=O)C(=[NH2+])c1ccncc1NCC(=O)N1CCC[C@H]1C(=O)NC1C[C@H]1c1ccc(Cl)cc1. The molecule has 1 aliphatic carbocycles. The first-order chi connectivity index (χ1) is 15.8. The fourth-order valence-corrected chi connectivity index (χ4v) is 4.35. The van der Waals surface area contributed by atoms with E-state index in [1.54, 1.807) is 11.0 Å². The van der Waals surface area contributed by atoms with Gasteiger partial charge >= 0.3 is 5.91 Å². The number of nitrogens with zero attached hydrogens (tertiary/aromatic N) is 2. The summed E-state index contributed by atoms with van der Waals surface area (Å²) in [5.41, 5.74) is 7.09. The standard InChI is InChI=1S/C23H25ClN6O3/c24-14-5-3-13(4-6-14)16-10-17(16)29-23(33)19-2-1-9-30(19)20(31)12-28-18-11-27-8-7-15(18)21(25)22(26)32/h3-8,11,16-17,19,25,28H,1-2,9-10,12H2,(H2,26,32)(H,29,33)/p+1/t16-,17?,19-/m0/s1. The summed E-state index contributed by atoms with van der Waals surface area (Å²) in [6.07, 6.45) is 5.20. The first kappa shape index (κ1) is 22.7. The maximum Gasteiger partial charge on any atom is 0.313 e. The van der Waals surface area contributed by atoms with E-state index in [0.29, 0.717) is 29.2 Å². The highest BCUT2D eigenvalue weighted by atomic mass is 35.5. The normalized spacial score (nSPS) is 21.4. The second-order valence-corrected chi connectivity index (χ2v) is 8.74. The molecule has 172 valence electrons. The van der Waals surface area contributed by atoms with E-state index in [1.165, 1.54) is 12.4 Å². The number of benzene rings is 1. The maximum absolute atomic E-state index is 12.9. The Hall–Kier alpha value is -3.46. The van der Waals surface area contributed by atoms with Crippen molar-refractivity contribution >= 4 is 40.7 Å². The summed E-state index contributed by atoms with van der Waals surface area (Å²) in [5.74, 6) is -0.834. The number of amides is 3. The van der Waals surface area contributed by atoms with E-state index in [0.717, 1.165) is 18.4 Å². The summed E-state index contributed by atoms with van der Waals surface area (Å²) in [6.45, 7) is 0.449. The van der Waals surface area contributed by atoms with E-state index in [4.69, 9.17) is 22.7 Å². The van der Waals surface area contributed by atoms with Gasteiger partial charge in [-0.15, -0.1) is 0 Å². The van der Waals surface area contributed by atoms with Crippen LogP contribution in [0.1, 0.15) is 36.3 Å². The molecule has 10 heteroatoms. The van der Waals surface area contributed by atoms with Gasteiger partial charge in [0.15, 0.2) is 0 Å². The van der Waals surface area contributed by atoms with Gasteiger partial charge in [-0.3, -0.25) is 19.4 Å². The molecule has 2 fully saturated rings. The molecule has 3 amide bonds. The molecule has 9 nitrogen and oxygen atoms in total. The number of nitrogens with two attached hydrogens (primary N) is 2. The summed E-state index contributed by atoms with van der Waals surface area (Å²) in [4.78, 5) is 42.8. The number of halogens is 1.